The fourth-order valence-electron chi connectivity index (χ4n) is 3.17. The van der Waals surface area contributed by atoms with Crippen molar-refractivity contribution < 1.29 is 19.0 Å². The molecule has 1 amide bonds. The minimum atomic E-state index is -0.0348. The third-order valence-electron chi connectivity index (χ3n) is 4.60. The predicted molar refractivity (Wildman–Crippen MR) is 103 cm³/mol. The second-order valence-corrected chi connectivity index (χ2v) is 6.76. The highest BCUT2D eigenvalue weighted by atomic mass is 32.1. The number of benzene rings is 1. The van der Waals surface area contributed by atoms with E-state index in [0.717, 1.165) is 23.6 Å². The summed E-state index contributed by atoms with van der Waals surface area (Å²) in [5.74, 6) is 1.16. The van der Waals surface area contributed by atoms with Crippen LogP contribution in [0.1, 0.15) is 25.3 Å². The van der Waals surface area contributed by atoms with Crippen LogP contribution in [-0.4, -0.2) is 73.3 Å². The number of rotatable bonds is 6. The van der Waals surface area contributed by atoms with Crippen molar-refractivity contribution in [3.63, 3.8) is 0 Å². The summed E-state index contributed by atoms with van der Waals surface area (Å²) in [6, 6.07) is 5.70. The number of likely N-dealkylation sites (tertiary alicyclic amines) is 1. The summed E-state index contributed by atoms with van der Waals surface area (Å²) in [6.07, 6.45) is 2.37. The van der Waals surface area contributed by atoms with Gasteiger partial charge in [0.1, 0.15) is 4.99 Å². The molecule has 6 nitrogen and oxygen atoms in total. The SMILES string of the molecule is CCOc1cc(C(=S)N2CCCC2)ccc1OCC(=O)N1CCOCC1. The van der Waals surface area contributed by atoms with Crippen molar-refractivity contribution in [3.05, 3.63) is 23.8 Å². The van der Waals surface area contributed by atoms with Crippen molar-refractivity contribution in [1.82, 2.24) is 9.80 Å². The molecular formula is C19H26N2O4S. The van der Waals surface area contributed by atoms with Gasteiger partial charge in [0.2, 0.25) is 0 Å². The molecule has 7 heteroatoms. The molecule has 0 atom stereocenters. The standard InChI is InChI=1S/C19H26N2O4S/c1-2-24-17-13-15(19(26)21-7-3-4-8-21)5-6-16(17)25-14-18(22)20-9-11-23-12-10-20/h5-6,13H,2-4,7-12,14H2,1H3. The van der Waals surface area contributed by atoms with Crippen LogP contribution in [0.4, 0.5) is 0 Å². The van der Waals surface area contributed by atoms with E-state index in [1.807, 2.05) is 25.1 Å². The summed E-state index contributed by atoms with van der Waals surface area (Å²) >= 11 is 5.62. The van der Waals surface area contributed by atoms with E-state index in [9.17, 15) is 4.79 Å². The smallest absolute Gasteiger partial charge is 0.260 e. The van der Waals surface area contributed by atoms with Crippen molar-refractivity contribution in [2.75, 3.05) is 52.6 Å². The first-order chi connectivity index (χ1) is 12.7. The zero-order valence-electron chi connectivity index (χ0n) is 15.2. The molecule has 2 fully saturated rings. The normalized spacial score (nSPS) is 17.3. The number of amides is 1. The first-order valence-electron chi connectivity index (χ1n) is 9.23. The average molecular weight is 378 g/mol. The van der Waals surface area contributed by atoms with Crippen molar-refractivity contribution in [2.45, 2.75) is 19.8 Å². The Morgan fingerprint density at radius 2 is 1.81 bits per heavy atom. The summed E-state index contributed by atoms with van der Waals surface area (Å²) < 4.78 is 16.7. The molecule has 3 rings (SSSR count). The molecule has 2 aliphatic rings. The molecule has 0 bridgehead atoms. The van der Waals surface area contributed by atoms with Crippen LogP contribution in [0.15, 0.2) is 18.2 Å². The minimum absolute atomic E-state index is 0.00398. The first kappa shape index (κ1) is 18.9. The van der Waals surface area contributed by atoms with E-state index in [4.69, 9.17) is 26.4 Å². The van der Waals surface area contributed by atoms with Crippen LogP contribution >= 0.6 is 12.2 Å². The summed E-state index contributed by atoms with van der Waals surface area (Å²) in [5.41, 5.74) is 0.956. The number of carbonyl (C=O) groups excluding carboxylic acids is 1. The first-order valence-corrected chi connectivity index (χ1v) is 9.64. The molecule has 0 saturated carbocycles. The van der Waals surface area contributed by atoms with Crippen LogP contribution < -0.4 is 9.47 Å². The van der Waals surface area contributed by atoms with Gasteiger partial charge in [-0.05, 0) is 38.0 Å². The quantitative estimate of drug-likeness (QED) is 0.707. The fraction of sp³-hybridized carbons (Fsp3) is 0.579. The Morgan fingerprint density at radius 3 is 2.50 bits per heavy atom. The molecule has 2 saturated heterocycles. The molecule has 0 unspecified atom stereocenters. The van der Waals surface area contributed by atoms with Crippen molar-refractivity contribution in [2.24, 2.45) is 0 Å². The van der Waals surface area contributed by atoms with Crippen LogP contribution in [0, 0.1) is 0 Å². The van der Waals surface area contributed by atoms with Gasteiger partial charge in [-0.25, -0.2) is 0 Å². The molecule has 2 aliphatic heterocycles. The topological polar surface area (TPSA) is 51.2 Å². The van der Waals surface area contributed by atoms with E-state index in [0.29, 0.717) is 44.4 Å². The van der Waals surface area contributed by atoms with Crippen LogP contribution in [0.2, 0.25) is 0 Å². The second kappa shape index (κ2) is 9.19. The van der Waals surface area contributed by atoms with Gasteiger partial charge in [0.25, 0.3) is 5.91 Å². The third kappa shape index (κ3) is 4.65. The Balaban J connectivity index is 1.66. The number of morpholine rings is 1. The zero-order chi connectivity index (χ0) is 18.4. The number of thiocarbonyl (C=S) groups is 1. The number of ether oxygens (including phenoxy) is 3. The Bertz CT molecular complexity index is 640. The number of hydrogen-bond donors (Lipinski definition) is 0. The highest BCUT2D eigenvalue weighted by Gasteiger charge is 2.20. The molecule has 0 spiro atoms. The lowest BCUT2D eigenvalue weighted by Crippen LogP contribution is -2.43. The molecule has 0 aliphatic carbocycles. The lowest BCUT2D eigenvalue weighted by Gasteiger charge is -2.27. The van der Waals surface area contributed by atoms with Gasteiger partial charge in [0.05, 0.1) is 19.8 Å². The Hall–Kier alpha value is -1.86. The lowest BCUT2D eigenvalue weighted by molar-refractivity contribution is -0.137. The maximum Gasteiger partial charge on any atom is 0.260 e. The molecule has 0 radical (unpaired) electrons. The number of hydrogen-bond acceptors (Lipinski definition) is 5. The van der Waals surface area contributed by atoms with Gasteiger partial charge in [0, 0.05) is 31.7 Å². The van der Waals surface area contributed by atoms with Crippen LogP contribution in [-0.2, 0) is 9.53 Å². The Kier molecular flexibility index (Phi) is 6.68. The maximum absolute atomic E-state index is 12.3. The molecular weight excluding hydrogens is 352 g/mol. The van der Waals surface area contributed by atoms with Crippen LogP contribution in [0.3, 0.4) is 0 Å². The zero-order valence-corrected chi connectivity index (χ0v) is 16.1. The Morgan fingerprint density at radius 1 is 1.08 bits per heavy atom. The van der Waals surface area contributed by atoms with Gasteiger partial charge in [-0.3, -0.25) is 4.79 Å². The summed E-state index contributed by atoms with van der Waals surface area (Å²) in [7, 11) is 0. The van der Waals surface area contributed by atoms with E-state index < -0.39 is 0 Å². The van der Waals surface area contributed by atoms with Gasteiger partial charge in [0.15, 0.2) is 18.1 Å². The van der Waals surface area contributed by atoms with Crippen molar-refractivity contribution in [1.29, 1.82) is 0 Å². The molecule has 1 aromatic carbocycles. The summed E-state index contributed by atoms with van der Waals surface area (Å²) in [5, 5.41) is 0. The molecule has 2 heterocycles. The number of nitrogens with zero attached hydrogens (tertiary/aromatic N) is 2. The number of carbonyl (C=O) groups is 1. The lowest BCUT2D eigenvalue weighted by atomic mass is 10.2. The van der Waals surface area contributed by atoms with Gasteiger partial charge >= 0.3 is 0 Å². The summed E-state index contributed by atoms with van der Waals surface area (Å²) in [4.78, 5) is 17.1. The molecule has 0 N–H and O–H groups in total. The van der Waals surface area contributed by atoms with Gasteiger partial charge in [-0.1, -0.05) is 12.2 Å². The monoisotopic (exact) mass is 378 g/mol. The van der Waals surface area contributed by atoms with Crippen LogP contribution in [0.25, 0.3) is 0 Å². The van der Waals surface area contributed by atoms with Gasteiger partial charge in [-0.15, -0.1) is 0 Å². The summed E-state index contributed by atoms with van der Waals surface area (Å²) in [6.45, 7) is 6.85. The van der Waals surface area contributed by atoms with E-state index in [1.54, 1.807) is 4.90 Å². The second-order valence-electron chi connectivity index (χ2n) is 6.38. The van der Waals surface area contributed by atoms with Crippen molar-refractivity contribution >= 4 is 23.1 Å². The van der Waals surface area contributed by atoms with E-state index in [1.165, 1.54) is 12.8 Å². The van der Waals surface area contributed by atoms with Crippen molar-refractivity contribution in [3.8, 4) is 11.5 Å². The predicted octanol–water partition coefficient (Wildman–Crippen LogP) is 2.09. The fourth-order valence-corrected chi connectivity index (χ4v) is 3.48. The Labute approximate surface area is 160 Å². The van der Waals surface area contributed by atoms with E-state index >= 15 is 0 Å². The third-order valence-corrected chi connectivity index (χ3v) is 5.09. The largest absolute Gasteiger partial charge is 0.490 e. The average Bonchev–Trinajstić information content (AvgIpc) is 3.22. The highest BCUT2D eigenvalue weighted by molar-refractivity contribution is 7.80. The molecule has 0 aromatic heterocycles. The highest BCUT2D eigenvalue weighted by Crippen LogP contribution is 2.30. The van der Waals surface area contributed by atoms with Gasteiger partial charge in [-0.2, -0.15) is 0 Å². The molecule has 26 heavy (non-hydrogen) atoms. The van der Waals surface area contributed by atoms with E-state index in [2.05, 4.69) is 4.90 Å². The van der Waals surface area contributed by atoms with Crippen LogP contribution in [0.5, 0.6) is 11.5 Å². The minimum Gasteiger partial charge on any atom is -0.490 e. The van der Waals surface area contributed by atoms with Gasteiger partial charge < -0.3 is 24.0 Å². The maximum atomic E-state index is 12.3. The molecule has 1 aromatic rings. The van der Waals surface area contributed by atoms with E-state index in [-0.39, 0.29) is 12.5 Å². The molecule has 142 valence electrons.